The van der Waals surface area contributed by atoms with Gasteiger partial charge in [-0.05, 0) is 75.7 Å². The van der Waals surface area contributed by atoms with Gasteiger partial charge in [0.2, 0.25) is 0 Å². The Hall–Kier alpha value is -7.49. The van der Waals surface area contributed by atoms with E-state index >= 15 is 0 Å². The van der Waals surface area contributed by atoms with Gasteiger partial charge < -0.3 is 4.90 Å². The summed E-state index contributed by atoms with van der Waals surface area (Å²) in [6, 6.07) is 79.9. The number of fused-ring (bicyclic) bond motifs is 3. The Morgan fingerprint density at radius 3 is 1.25 bits per heavy atom. The molecule has 3 nitrogen and oxygen atoms in total. The van der Waals surface area contributed by atoms with Gasteiger partial charge in [-0.25, -0.2) is 4.52 Å². The maximum absolute atomic E-state index is 5.41. The first kappa shape index (κ1) is 33.1. The van der Waals surface area contributed by atoms with Crippen LogP contribution in [0.15, 0.2) is 224 Å². The zero-order valence-electron chi connectivity index (χ0n) is 30.7. The van der Waals surface area contributed by atoms with Crippen LogP contribution < -0.4 is 4.90 Å². The highest BCUT2D eigenvalue weighted by Gasteiger charge is 2.22. The molecule has 0 atom stereocenters. The summed E-state index contributed by atoms with van der Waals surface area (Å²) in [7, 11) is 0. The lowest BCUT2D eigenvalue weighted by Crippen LogP contribution is -2.10. The van der Waals surface area contributed by atoms with Gasteiger partial charge >= 0.3 is 0 Å². The third-order valence-electron chi connectivity index (χ3n) is 10.6. The Balaban J connectivity index is 1.20. The second-order valence-electron chi connectivity index (χ2n) is 14.0. The molecular formula is C53H37N3. The fourth-order valence-electron chi connectivity index (χ4n) is 7.88. The average Bonchev–Trinajstić information content (AvgIpc) is 3.69. The largest absolute Gasteiger partial charge is 0.310 e. The highest BCUT2D eigenvalue weighted by Crippen LogP contribution is 2.43. The van der Waals surface area contributed by atoms with Crippen molar-refractivity contribution in [2.75, 3.05) is 4.90 Å². The molecule has 0 saturated carbocycles. The molecule has 0 N–H and O–H groups in total. The van der Waals surface area contributed by atoms with Crippen molar-refractivity contribution >= 4 is 33.4 Å². The first-order chi connectivity index (χ1) is 27.8. The SMILES string of the molecule is c1ccc(-c2ccc(N(c3ccc(-c4ccccc4)cc3)c3ccc4c(c3)cc(-c3ccccc3)n3nc(-c5ccccc5)c(-c5ccccc5)c43)cc2)cc1. The van der Waals surface area contributed by atoms with Gasteiger partial charge in [0.1, 0.15) is 5.69 Å². The summed E-state index contributed by atoms with van der Waals surface area (Å²) >= 11 is 0. The molecule has 0 spiro atoms. The number of anilines is 3. The Morgan fingerprint density at radius 1 is 0.339 bits per heavy atom. The lowest BCUT2D eigenvalue weighted by molar-refractivity contribution is 0.979. The maximum atomic E-state index is 5.41. The standard InChI is InChI=1S/C53H37N3/c1-6-16-38(17-7-1)40-26-30-46(31-27-40)55(47-32-28-41(29-33-47)39-18-8-2-9-19-39)48-34-35-49-45(36-48)37-50(42-20-10-3-11-21-42)56-53(49)51(43-22-12-4-13-23-43)52(54-56)44-24-14-5-15-25-44/h1-37H. The van der Waals surface area contributed by atoms with Crippen molar-refractivity contribution in [1.82, 2.24) is 9.61 Å². The van der Waals surface area contributed by atoms with Gasteiger partial charge in [0.05, 0.1) is 11.2 Å². The van der Waals surface area contributed by atoms with E-state index in [2.05, 4.69) is 234 Å². The molecule has 2 aromatic heterocycles. The Labute approximate surface area is 327 Å². The summed E-state index contributed by atoms with van der Waals surface area (Å²) in [5.41, 5.74) is 15.6. The van der Waals surface area contributed by atoms with Gasteiger partial charge in [-0.3, -0.25) is 0 Å². The third-order valence-corrected chi connectivity index (χ3v) is 10.6. The lowest BCUT2D eigenvalue weighted by atomic mass is 9.96. The molecule has 56 heavy (non-hydrogen) atoms. The Bertz CT molecular complexity index is 2820. The molecule has 0 aliphatic rings. The number of benzene rings is 8. The van der Waals surface area contributed by atoms with Gasteiger partial charge in [-0.1, -0.05) is 182 Å². The van der Waals surface area contributed by atoms with Crippen molar-refractivity contribution < 1.29 is 0 Å². The van der Waals surface area contributed by atoms with E-state index in [4.69, 9.17) is 5.10 Å². The third kappa shape index (κ3) is 6.12. The van der Waals surface area contributed by atoms with Gasteiger partial charge in [0.15, 0.2) is 0 Å². The molecule has 0 unspecified atom stereocenters. The summed E-state index contributed by atoms with van der Waals surface area (Å²) in [6.45, 7) is 0. The van der Waals surface area contributed by atoms with Gasteiger partial charge in [-0.15, -0.1) is 0 Å². The number of pyridine rings is 1. The van der Waals surface area contributed by atoms with Crippen LogP contribution in [0.2, 0.25) is 0 Å². The molecular weight excluding hydrogens is 679 g/mol. The van der Waals surface area contributed by atoms with Crippen LogP contribution in [0.1, 0.15) is 0 Å². The second kappa shape index (κ2) is 14.4. The van der Waals surface area contributed by atoms with Crippen molar-refractivity contribution in [1.29, 1.82) is 0 Å². The molecule has 0 aliphatic carbocycles. The molecule has 0 radical (unpaired) electrons. The Morgan fingerprint density at radius 2 is 0.750 bits per heavy atom. The molecule has 10 aromatic rings. The lowest BCUT2D eigenvalue weighted by Gasteiger charge is -2.26. The molecule has 2 heterocycles. The van der Waals surface area contributed by atoms with Crippen LogP contribution in [0.25, 0.3) is 72.2 Å². The van der Waals surface area contributed by atoms with Crippen LogP contribution >= 0.6 is 0 Å². The van der Waals surface area contributed by atoms with Crippen molar-refractivity contribution in [2.45, 2.75) is 0 Å². The minimum absolute atomic E-state index is 0.962. The first-order valence-corrected chi connectivity index (χ1v) is 19.1. The zero-order chi connectivity index (χ0) is 37.3. The topological polar surface area (TPSA) is 20.5 Å². The number of nitrogens with zero attached hydrogens (tertiary/aromatic N) is 3. The van der Waals surface area contributed by atoms with Gasteiger partial charge in [0, 0.05) is 39.1 Å². The average molecular weight is 716 g/mol. The fourth-order valence-corrected chi connectivity index (χ4v) is 7.88. The molecule has 3 heteroatoms. The van der Waals surface area contributed by atoms with Crippen molar-refractivity contribution in [2.24, 2.45) is 0 Å². The summed E-state index contributed by atoms with van der Waals surface area (Å²) in [6.07, 6.45) is 0. The summed E-state index contributed by atoms with van der Waals surface area (Å²) in [4.78, 5) is 2.36. The second-order valence-corrected chi connectivity index (χ2v) is 14.0. The molecule has 10 rings (SSSR count). The predicted octanol–water partition coefficient (Wildman–Crippen LogP) is 14.3. The Kier molecular flexibility index (Phi) is 8.51. The van der Waals surface area contributed by atoms with Gasteiger partial charge in [0.25, 0.3) is 0 Å². The molecule has 264 valence electrons. The predicted molar refractivity (Wildman–Crippen MR) is 235 cm³/mol. The smallest absolute Gasteiger partial charge is 0.101 e. The van der Waals surface area contributed by atoms with E-state index in [1.165, 1.54) is 22.3 Å². The van der Waals surface area contributed by atoms with Gasteiger partial charge in [-0.2, -0.15) is 5.10 Å². The van der Waals surface area contributed by atoms with Crippen LogP contribution in [0, 0.1) is 0 Å². The molecule has 0 aliphatic heterocycles. The maximum Gasteiger partial charge on any atom is 0.101 e. The van der Waals surface area contributed by atoms with Crippen LogP contribution in [-0.2, 0) is 0 Å². The van der Waals surface area contributed by atoms with Crippen molar-refractivity contribution in [3.05, 3.63) is 224 Å². The first-order valence-electron chi connectivity index (χ1n) is 19.1. The molecule has 0 bridgehead atoms. The van der Waals surface area contributed by atoms with E-state index < -0.39 is 0 Å². The molecule has 0 saturated heterocycles. The van der Waals surface area contributed by atoms with E-state index in [9.17, 15) is 0 Å². The molecule has 8 aromatic carbocycles. The van der Waals surface area contributed by atoms with Crippen molar-refractivity contribution in [3.8, 4) is 55.9 Å². The van der Waals surface area contributed by atoms with E-state index in [-0.39, 0.29) is 0 Å². The van der Waals surface area contributed by atoms with E-state index in [0.717, 1.165) is 67.0 Å². The van der Waals surface area contributed by atoms with Crippen molar-refractivity contribution in [3.63, 3.8) is 0 Å². The molecule has 0 amide bonds. The summed E-state index contributed by atoms with van der Waals surface area (Å²) in [5, 5.41) is 7.69. The van der Waals surface area contributed by atoms with E-state index in [1.54, 1.807) is 0 Å². The number of rotatable bonds is 8. The number of aromatic nitrogens is 2. The molecule has 0 fully saturated rings. The summed E-state index contributed by atoms with van der Waals surface area (Å²) in [5.74, 6) is 0. The number of hydrogen-bond acceptors (Lipinski definition) is 2. The fraction of sp³-hybridized carbons (Fsp3) is 0. The number of hydrogen-bond donors (Lipinski definition) is 0. The summed E-state index contributed by atoms with van der Waals surface area (Å²) < 4.78 is 2.16. The van der Waals surface area contributed by atoms with Crippen LogP contribution in [0.3, 0.4) is 0 Å². The highest BCUT2D eigenvalue weighted by atomic mass is 15.2. The quantitative estimate of drug-likeness (QED) is 0.156. The monoisotopic (exact) mass is 715 g/mol. The minimum atomic E-state index is 0.962. The van der Waals surface area contributed by atoms with E-state index in [0.29, 0.717) is 0 Å². The van der Waals surface area contributed by atoms with Crippen LogP contribution in [0.5, 0.6) is 0 Å². The minimum Gasteiger partial charge on any atom is -0.310 e. The normalized spacial score (nSPS) is 11.2. The van der Waals surface area contributed by atoms with Crippen LogP contribution in [-0.4, -0.2) is 9.61 Å². The highest BCUT2D eigenvalue weighted by molar-refractivity contribution is 6.09. The zero-order valence-corrected chi connectivity index (χ0v) is 30.7. The van der Waals surface area contributed by atoms with Crippen LogP contribution in [0.4, 0.5) is 17.1 Å². The van der Waals surface area contributed by atoms with E-state index in [1.807, 2.05) is 0 Å².